The maximum atomic E-state index is 11.0. The molecule has 0 aliphatic carbocycles. The number of hydrogen-bond donors (Lipinski definition) is 2. The van der Waals surface area contributed by atoms with Gasteiger partial charge in [0.25, 0.3) is 0 Å². The van der Waals surface area contributed by atoms with Crippen LogP contribution in [-0.4, -0.2) is 25.1 Å². The number of nitrogens with one attached hydrogen (secondary N) is 2. The first kappa shape index (κ1) is 12.9. The van der Waals surface area contributed by atoms with E-state index in [4.69, 9.17) is 4.74 Å². The minimum Gasteiger partial charge on any atom is -0.489 e. The zero-order chi connectivity index (χ0) is 13.0. The van der Waals surface area contributed by atoms with Crippen molar-refractivity contribution in [3.8, 4) is 5.75 Å². The van der Waals surface area contributed by atoms with Gasteiger partial charge in [0.1, 0.15) is 11.9 Å². The molecule has 0 saturated carbocycles. The molecule has 1 saturated heterocycles. The normalized spacial score (nSPS) is 20.4. The predicted molar refractivity (Wildman–Crippen MR) is 70.6 cm³/mol. The van der Waals surface area contributed by atoms with E-state index < -0.39 is 0 Å². The van der Waals surface area contributed by atoms with Crippen molar-refractivity contribution in [1.29, 1.82) is 0 Å². The number of hydrogen-bond acceptors (Lipinski definition) is 3. The molecule has 0 radical (unpaired) electrons. The lowest BCUT2D eigenvalue weighted by Crippen LogP contribution is -2.23. The van der Waals surface area contributed by atoms with E-state index in [1.54, 1.807) is 0 Å². The predicted octanol–water partition coefficient (Wildman–Crippen LogP) is 1.62. The van der Waals surface area contributed by atoms with E-state index in [-0.39, 0.29) is 18.1 Å². The Morgan fingerprint density at radius 2 is 2.17 bits per heavy atom. The quantitative estimate of drug-likeness (QED) is 0.851. The molecule has 4 nitrogen and oxygen atoms in total. The summed E-state index contributed by atoms with van der Waals surface area (Å²) in [5.41, 5.74) is 1.09. The second-order valence-electron chi connectivity index (χ2n) is 4.72. The Labute approximate surface area is 108 Å². The number of carbonyl (C=O) groups excluding carboxylic acids is 1. The minimum atomic E-state index is -0.0140. The van der Waals surface area contributed by atoms with Crippen molar-refractivity contribution in [3.63, 3.8) is 0 Å². The average Bonchev–Trinajstić information content (AvgIpc) is 2.82. The summed E-state index contributed by atoms with van der Waals surface area (Å²) in [5, 5.41) is 6.13. The molecule has 2 N–H and O–H groups in total. The van der Waals surface area contributed by atoms with E-state index in [0.29, 0.717) is 0 Å². The zero-order valence-corrected chi connectivity index (χ0v) is 10.9. The fraction of sp³-hybridized carbons (Fsp3) is 0.500. The SMILES string of the molecule is CC(=O)N[C@@H](C)c1ccc(OC2CCNC2)cc1. The van der Waals surface area contributed by atoms with Crippen molar-refractivity contribution in [1.82, 2.24) is 10.6 Å². The molecule has 4 heteroatoms. The standard InChI is InChI=1S/C14H20N2O2/c1-10(16-11(2)17)12-3-5-13(6-4-12)18-14-7-8-15-9-14/h3-6,10,14-15H,7-9H2,1-2H3,(H,16,17)/t10-,14?/m0/s1. The second-order valence-corrected chi connectivity index (χ2v) is 4.72. The van der Waals surface area contributed by atoms with E-state index in [1.165, 1.54) is 6.92 Å². The molecule has 0 spiro atoms. The monoisotopic (exact) mass is 248 g/mol. The van der Waals surface area contributed by atoms with Crippen LogP contribution in [0.3, 0.4) is 0 Å². The smallest absolute Gasteiger partial charge is 0.217 e. The molecule has 18 heavy (non-hydrogen) atoms. The summed E-state index contributed by atoms with van der Waals surface area (Å²) in [6.45, 7) is 5.45. The van der Waals surface area contributed by atoms with Gasteiger partial charge in [0.2, 0.25) is 5.91 Å². The third-order valence-electron chi connectivity index (χ3n) is 3.12. The Balaban J connectivity index is 1.94. The zero-order valence-electron chi connectivity index (χ0n) is 10.9. The molecule has 1 amide bonds. The van der Waals surface area contributed by atoms with Gasteiger partial charge in [-0.25, -0.2) is 0 Å². The van der Waals surface area contributed by atoms with Gasteiger partial charge in [-0.2, -0.15) is 0 Å². The third-order valence-corrected chi connectivity index (χ3v) is 3.12. The van der Waals surface area contributed by atoms with Crippen molar-refractivity contribution in [2.24, 2.45) is 0 Å². The summed E-state index contributed by atoms with van der Waals surface area (Å²) in [4.78, 5) is 11.0. The van der Waals surface area contributed by atoms with Crippen molar-refractivity contribution < 1.29 is 9.53 Å². The molecular weight excluding hydrogens is 228 g/mol. The Kier molecular flexibility index (Phi) is 4.20. The fourth-order valence-electron chi connectivity index (χ4n) is 2.14. The van der Waals surface area contributed by atoms with Gasteiger partial charge in [0.05, 0.1) is 6.04 Å². The number of benzene rings is 1. The first-order chi connectivity index (χ1) is 8.65. The Morgan fingerprint density at radius 3 is 2.72 bits per heavy atom. The van der Waals surface area contributed by atoms with E-state index in [2.05, 4.69) is 10.6 Å². The summed E-state index contributed by atoms with van der Waals surface area (Å²) in [6, 6.07) is 7.96. The molecule has 0 bridgehead atoms. The lowest BCUT2D eigenvalue weighted by Gasteiger charge is -2.15. The highest BCUT2D eigenvalue weighted by Crippen LogP contribution is 2.19. The molecule has 1 unspecified atom stereocenters. The molecular formula is C14H20N2O2. The van der Waals surface area contributed by atoms with E-state index in [0.717, 1.165) is 30.8 Å². The van der Waals surface area contributed by atoms with Gasteiger partial charge in [-0.1, -0.05) is 12.1 Å². The maximum Gasteiger partial charge on any atom is 0.217 e. The summed E-state index contributed by atoms with van der Waals surface area (Å²) < 4.78 is 5.84. The molecule has 1 fully saturated rings. The molecule has 1 heterocycles. The molecule has 1 aliphatic rings. The van der Waals surface area contributed by atoms with Crippen molar-refractivity contribution in [3.05, 3.63) is 29.8 Å². The fourth-order valence-corrected chi connectivity index (χ4v) is 2.14. The Morgan fingerprint density at radius 1 is 1.44 bits per heavy atom. The summed E-state index contributed by atoms with van der Waals surface area (Å²) >= 11 is 0. The van der Waals surface area contributed by atoms with Crippen LogP contribution in [0.15, 0.2) is 24.3 Å². The lowest BCUT2D eigenvalue weighted by atomic mass is 10.1. The number of ether oxygens (including phenoxy) is 1. The molecule has 2 atom stereocenters. The van der Waals surface area contributed by atoms with Gasteiger partial charge in [-0.3, -0.25) is 4.79 Å². The topological polar surface area (TPSA) is 50.4 Å². The highest BCUT2D eigenvalue weighted by atomic mass is 16.5. The maximum absolute atomic E-state index is 11.0. The van der Waals surface area contributed by atoms with E-state index in [9.17, 15) is 4.79 Å². The highest BCUT2D eigenvalue weighted by molar-refractivity contribution is 5.73. The van der Waals surface area contributed by atoms with Gasteiger partial charge in [-0.05, 0) is 37.6 Å². The van der Waals surface area contributed by atoms with Crippen molar-refractivity contribution >= 4 is 5.91 Å². The largest absolute Gasteiger partial charge is 0.489 e. The number of amides is 1. The van der Waals surface area contributed by atoms with E-state index >= 15 is 0 Å². The summed E-state index contributed by atoms with van der Waals surface area (Å²) in [6.07, 6.45) is 1.34. The number of rotatable bonds is 4. The molecule has 1 aromatic carbocycles. The minimum absolute atomic E-state index is 0.0140. The molecule has 1 aliphatic heterocycles. The second kappa shape index (κ2) is 5.87. The lowest BCUT2D eigenvalue weighted by molar-refractivity contribution is -0.119. The summed E-state index contributed by atoms with van der Waals surface area (Å²) in [7, 11) is 0. The van der Waals surface area contributed by atoms with Gasteiger partial charge >= 0.3 is 0 Å². The number of carbonyl (C=O) groups is 1. The van der Waals surface area contributed by atoms with Gasteiger partial charge in [-0.15, -0.1) is 0 Å². The summed E-state index contributed by atoms with van der Waals surface area (Å²) in [5.74, 6) is 0.877. The van der Waals surface area contributed by atoms with Crippen LogP contribution in [0.2, 0.25) is 0 Å². The highest BCUT2D eigenvalue weighted by Gasteiger charge is 2.15. The average molecular weight is 248 g/mol. The van der Waals surface area contributed by atoms with Crippen LogP contribution in [-0.2, 0) is 4.79 Å². The van der Waals surface area contributed by atoms with E-state index in [1.807, 2.05) is 31.2 Å². The van der Waals surface area contributed by atoms with Crippen LogP contribution in [0.4, 0.5) is 0 Å². The van der Waals surface area contributed by atoms with Crippen LogP contribution in [0.5, 0.6) is 5.75 Å². The van der Waals surface area contributed by atoms with Crippen molar-refractivity contribution in [2.45, 2.75) is 32.4 Å². The van der Waals surface area contributed by atoms with Gasteiger partial charge < -0.3 is 15.4 Å². The Bertz CT molecular complexity index is 397. The molecule has 2 rings (SSSR count). The first-order valence-corrected chi connectivity index (χ1v) is 6.39. The Hall–Kier alpha value is -1.55. The van der Waals surface area contributed by atoms with Crippen LogP contribution in [0.25, 0.3) is 0 Å². The van der Waals surface area contributed by atoms with Crippen LogP contribution < -0.4 is 15.4 Å². The van der Waals surface area contributed by atoms with Crippen molar-refractivity contribution in [2.75, 3.05) is 13.1 Å². The third kappa shape index (κ3) is 3.47. The molecule has 0 aromatic heterocycles. The molecule has 98 valence electrons. The first-order valence-electron chi connectivity index (χ1n) is 6.39. The van der Waals surface area contributed by atoms with Gasteiger partial charge in [0.15, 0.2) is 0 Å². The van der Waals surface area contributed by atoms with Gasteiger partial charge in [0, 0.05) is 13.5 Å². The van der Waals surface area contributed by atoms with Crippen LogP contribution >= 0.6 is 0 Å². The molecule has 1 aromatic rings. The van der Waals surface area contributed by atoms with Crippen LogP contribution in [0, 0.1) is 0 Å². The van der Waals surface area contributed by atoms with Crippen LogP contribution in [0.1, 0.15) is 31.9 Å².